The fourth-order valence-corrected chi connectivity index (χ4v) is 2.76. The summed E-state index contributed by atoms with van der Waals surface area (Å²) in [5, 5.41) is 6.38. The number of anilines is 2. The van der Waals surface area contributed by atoms with Gasteiger partial charge in [0, 0.05) is 28.5 Å². The predicted octanol–water partition coefficient (Wildman–Crippen LogP) is 4.75. The second-order valence-electron chi connectivity index (χ2n) is 6.08. The average Bonchev–Trinajstić information content (AvgIpc) is 2.63. The molecule has 2 N–H and O–H groups in total. The van der Waals surface area contributed by atoms with Crippen LogP contribution in [0, 0.1) is 19.7 Å². The molecular formula is C20H18ClFN4O. The molecule has 0 spiro atoms. The second kappa shape index (κ2) is 8.14. The minimum Gasteiger partial charge on any atom is -0.350 e. The number of nitrogens with zero attached hydrogens (tertiary/aromatic N) is 2. The molecule has 7 heteroatoms. The van der Waals surface area contributed by atoms with Gasteiger partial charge in [-0.25, -0.2) is 14.4 Å². The van der Waals surface area contributed by atoms with E-state index in [1.54, 1.807) is 49.4 Å². The van der Waals surface area contributed by atoms with Gasteiger partial charge >= 0.3 is 0 Å². The minimum atomic E-state index is -0.361. The molecule has 0 fully saturated rings. The van der Waals surface area contributed by atoms with E-state index in [0.29, 0.717) is 22.0 Å². The van der Waals surface area contributed by atoms with Gasteiger partial charge in [-0.15, -0.1) is 0 Å². The predicted molar refractivity (Wildman–Crippen MR) is 105 cm³/mol. The number of hydrogen-bond acceptors (Lipinski definition) is 4. The van der Waals surface area contributed by atoms with Crippen LogP contribution in [-0.2, 0) is 6.54 Å². The fourth-order valence-electron chi connectivity index (χ4n) is 2.53. The molecular weight excluding hydrogens is 367 g/mol. The molecule has 138 valence electrons. The van der Waals surface area contributed by atoms with Crippen molar-refractivity contribution in [2.45, 2.75) is 20.4 Å². The van der Waals surface area contributed by atoms with E-state index >= 15 is 0 Å². The van der Waals surface area contributed by atoms with Crippen molar-refractivity contribution in [2.24, 2.45) is 0 Å². The monoisotopic (exact) mass is 384 g/mol. The molecule has 1 heterocycles. The highest BCUT2D eigenvalue weighted by Crippen LogP contribution is 2.20. The van der Waals surface area contributed by atoms with E-state index in [9.17, 15) is 9.18 Å². The van der Waals surface area contributed by atoms with E-state index in [1.165, 1.54) is 6.07 Å². The Labute approximate surface area is 161 Å². The van der Waals surface area contributed by atoms with Crippen LogP contribution in [-0.4, -0.2) is 15.9 Å². The van der Waals surface area contributed by atoms with Crippen molar-refractivity contribution in [2.75, 3.05) is 10.6 Å². The summed E-state index contributed by atoms with van der Waals surface area (Å²) >= 11 is 5.94. The van der Waals surface area contributed by atoms with Crippen molar-refractivity contribution in [1.29, 1.82) is 0 Å². The maximum Gasteiger partial charge on any atom is 0.274 e. The van der Waals surface area contributed by atoms with Crippen LogP contribution < -0.4 is 10.6 Å². The Hall–Kier alpha value is -2.99. The van der Waals surface area contributed by atoms with Crippen LogP contribution in [0.4, 0.5) is 16.0 Å². The summed E-state index contributed by atoms with van der Waals surface area (Å²) < 4.78 is 13.7. The number of aromatic nitrogens is 2. The number of halogens is 2. The van der Waals surface area contributed by atoms with Crippen molar-refractivity contribution >= 4 is 29.1 Å². The maximum atomic E-state index is 13.7. The van der Waals surface area contributed by atoms with Crippen LogP contribution in [0.3, 0.4) is 0 Å². The van der Waals surface area contributed by atoms with E-state index in [2.05, 4.69) is 20.6 Å². The summed E-state index contributed by atoms with van der Waals surface area (Å²) in [4.78, 5) is 21.1. The highest BCUT2D eigenvalue weighted by molar-refractivity contribution is 6.30. The van der Waals surface area contributed by atoms with Crippen LogP contribution in [0.2, 0.25) is 5.02 Å². The summed E-state index contributed by atoms with van der Waals surface area (Å²) in [5.41, 5.74) is 2.83. The van der Waals surface area contributed by atoms with Crippen LogP contribution >= 0.6 is 11.6 Å². The molecule has 27 heavy (non-hydrogen) atoms. The minimum absolute atomic E-state index is 0.216. The lowest BCUT2D eigenvalue weighted by Gasteiger charge is -2.11. The lowest BCUT2D eigenvalue weighted by atomic mass is 10.2. The lowest BCUT2D eigenvalue weighted by molar-refractivity contribution is 0.102. The van der Waals surface area contributed by atoms with E-state index in [1.807, 2.05) is 6.92 Å². The summed E-state index contributed by atoms with van der Waals surface area (Å²) in [6, 6.07) is 13.3. The number of amides is 1. The lowest BCUT2D eigenvalue weighted by Crippen LogP contribution is -2.16. The van der Waals surface area contributed by atoms with Crippen molar-refractivity contribution in [3.63, 3.8) is 0 Å². The Kier molecular flexibility index (Phi) is 5.66. The zero-order chi connectivity index (χ0) is 19.4. The Morgan fingerprint density at radius 1 is 1.11 bits per heavy atom. The van der Waals surface area contributed by atoms with Crippen LogP contribution in [0.25, 0.3) is 0 Å². The van der Waals surface area contributed by atoms with Crippen LogP contribution in [0.1, 0.15) is 27.3 Å². The summed E-state index contributed by atoms with van der Waals surface area (Å²) in [7, 11) is 0. The number of aryl methyl sites for hydroxylation is 2. The number of benzene rings is 2. The molecule has 1 aromatic heterocycles. The van der Waals surface area contributed by atoms with Crippen molar-refractivity contribution < 1.29 is 9.18 Å². The first-order valence-corrected chi connectivity index (χ1v) is 8.70. The van der Waals surface area contributed by atoms with Crippen LogP contribution in [0.5, 0.6) is 0 Å². The normalized spacial score (nSPS) is 10.5. The molecule has 0 aliphatic rings. The van der Waals surface area contributed by atoms with Gasteiger partial charge in [0.2, 0.25) is 5.95 Å². The third kappa shape index (κ3) is 4.80. The Morgan fingerprint density at radius 2 is 1.89 bits per heavy atom. The highest BCUT2D eigenvalue weighted by atomic mass is 35.5. The third-order valence-electron chi connectivity index (χ3n) is 3.92. The van der Waals surface area contributed by atoms with E-state index in [4.69, 9.17) is 11.6 Å². The Bertz CT molecular complexity index is 993. The summed E-state index contributed by atoms with van der Waals surface area (Å²) in [5.74, 6) is -0.412. The molecule has 0 saturated carbocycles. The first-order chi connectivity index (χ1) is 12.9. The molecule has 0 radical (unpaired) electrons. The van der Waals surface area contributed by atoms with Gasteiger partial charge in [-0.05, 0) is 49.7 Å². The number of carbonyl (C=O) groups excluding carboxylic acids is 1. The first-order valence-electron chi connectivity index (χ1n) is 8.33. The molecule has 0 atom stereocenters. The SMILES string of the molecule is Cc1cc(C(=O)Nc2ccc(Cl)cc2C)nc(NCc2ccccc2F)n1. The van der Waals surface area contributed by atoms with Gasteiger partial charge in [-0.2, -0.15) is 0 Å². The number of hydrogen-bond donors (Lipinski definition) is 2. The molecule has 0 bridgehead atoms. The average molecular weight is 385 g/mol. The van der Waals surface area contributed by atoms with Gasteiger partial charge in [-0.1, -0.05) is 29.8 Å². The van der Waals surface area contributed by atoms with Gasteiger partial charge in [0.05, 0.1) is 0 Å². The highest BCUT2D eigenvalue weighted by Gasteiger charge is 2.12. The first kappa shape index (κ1) is 18.8. The van der Waals surface area contributed by atoms with Crippen LogP contribution in [0.15, 0.2) is 48.5 Å². The Morgan fingerprint density at radius 3 is 2.63 bits per heavy atom. The summed E-state index contributed by atoms with van der Waals surface area (Å²) in [6.07, 6.45) is 0. The van der Waals surface area contributed by atoms with Gasteiger partial charge in [-0.3, -0.25) is 4.79 Å². The van der Waals surface area contributed by atoms with Gasteiger partial charge in [0.25, 0.3) is 5.91 Å². The largest absolute Gasteiger partial charge is 0.350 e. The molecule has 0 aliphatic carbocycles. The molecule has 0 unspecified atom stereocenters. The van der Waals surface area contributed by atoms with E-state index in [0.717, 1.165) is 5.56 Å². The molecule has 1 amide bonds. The maximum absolute atomic E-state index is 13.7. The molecule has 0 saturated heterocycles. The van der Waals surface area contributed by atoms with E-state index in [-0.39, 0.29) is 29.9 Å². The second-order valence-corrected chi connectivity index (χ2v) is 6.51. The van der Waals surface area contributed by atoms with Gasteiger partial charge in [0.15, 0.2) is 0 Å². The topological polar surface area (TPSA) is 66.9 Å². The molecule has 3 aromatic rings. The molecule has 2 aromatic carbocycles. The van der Waals surface area contributed by atoms with Crippen molar-refractivity contribution in [1.82, 2.24) is 9.97 Å². The number of carbonyl (C=O) groups is 1. The number of rotatable bonds is 5. The smallest absolute Gasteiger partial charge is 0.274 e. The summed E-state index contributed by atoms with van der Waals surface area (Å²) in [6.45, 7) is 3.84. The zero-order valence-corrected chi connectivity index (χ0v) is 15.6. The van der Waals surface area contributed by atoms with Gasteiger partial charge in [0.1, 0.15) is 11.5 Å². The fraction of sp³-hybridized carbons (Fsp3) is 0.150. The molecule has 0 aliphatic heterocycles. The third-order valence-corrected chi connectivity index (χ3v) is 4.15. The molecule has 3 rings (SSSR count). The van der Waals surface area contributed by atoms with Gasteiger partial charge < -0.3 is 10.6 Å². The molecule has 5 nitrogen and oxygen atoms in total. The Balaban J connectivity index is 1.76. The number of nitrogens with one attached hydrogen (secondary N) is 2. The standard InChI is InChI=1S/C20H18ClFN4O/c1-12-9-15(21)7-8-17(12)25-19(27)18-10-13(2)24-20(26-18)23-11-14-5-3-4-6-16(14)22/h3-10H,11H2,1-2H3,(H,25,27)(H,23,24,26). The quantitative estimate of drug-likeness (QED) is 0.666. The van der Waals surface area contributed by atoms with E-state index < -0.39 is 0 Å². The van der Waals surface area contributed by atoms with Crippen molar-refractivity contribution in [3.8, 4) is 0 Å². The zero-order valence-electron chi connectivity index (χ0n) is 14.9. The van der Waals surface area contributed by atoms with Crippen molar-refractivity contribution in [3.05, 3.63) is 81.9 Å².